The van der Waals surface area contributed by atoms with Gasteiger partial charge in [-0.1, -0.05) is 18.5 Å². The lowest BCUT2D eigenvalue weighted by Gasteiger charge is -2.10. The van der Waals surface area contributed by atoms with Gasteiger partial charge in [0.25, 0.3) is 0 Å². The van der Waals surface area contributed by atoms with Crippen molar-refractivity contribution in [3.63, 3.8) is 0 Å². The highest BCUT2D eigenvalue weighted by Crippen LogP contribution is 2.20. The first-order valence-corrected chi connectivity index (χ1v) is 4.46. The Labute approximate surface area is 82.3 Å². The van der Waals surface area contributed by atoms with Crippen molar-refractivity contribution < 1.29 is 9.84 Å². The molecule has 1 heterocycles. The smallest absolute Gasteiger partial charge is 0.171 e. The summed E-state index contributed by atoms with van der Waals surface area (Å²) in [6, 6.07) is 3.50. The van der Waals surface area contributed by atoms with Gasteiger partial charge in [-0.2, -0.15) is 0 Å². The number of hydrogen-bond acceptors (Lipinski definition) is 3. The van der Waals surface area contributed by atoms with Crippen LogP contribution < -0.4 is 4.74 Å². The number of aromatic nitrogens is 1. The van der Waals surface area contributed by atoms with E-state index in [1.165, 1.54) is 0 Å². The van der Waals surface area contributed by atoms with Crippen LogP contribution in [0.15, 0.2) is 18.3 Å². The van der Waals surface area contributed by atoms with E-state index >= 15 is 0 Å². The molecule has 0 saturated carbocycles. The third-order valence-corrected chi connectivity index (χ3v) is 1.84. The molecule has 0 saturated heterocycles. The second-order valence-electron chi connectivity index (χ2n) is 2.89. The van der Waals surface area contributed by atoms with Crippen LogP contribution in [0.3, 0.4) is 0 Å². The predicted octanol–water partition coefficient (Wildman–Crippen LogP) is 1.74. The second kappa shape index (κ2) is 5.04. The summed E-state index contributed by atoms with van der Waals surface area (Å²) in [5.41, 5.74) is 0. The standard InChI is InChI=1S/C9H12ClNO2/c1-7(5-12)6-13-8-3-2-4-11-9(8)10/h2-4,7,12H,5-6H2,1H3. The summed E-state index contributed by atoms with van der Waals surface area (Å²) in [6.45, 7) is 2.45. The third-order valence-electron chi connectivity index (χ3n) is 1.56. The van der Waals surface area contributed by atoms with Gasteiger partial charge < -0.3 is 9.84 Å². The Balaban J connectivity index is 2.50. The first-order chi connectivity index (χ1) is 6.24. The van der Waals surface area contributed by atoms with Crippen LogP contribution in [-0.2, 0) is 0 Å². The number of halogens is 1. The van der Waals surface area contributed by atoms with E-state index in [1.54, 1.807) is 18.3 Å². The number of nitrogens with zero attached hydrogens (tertiary/aromatic N) is 1. The van der Waals surface area contributed by atoms with Crippen LogP contribution in [0.1, 0.15) is 6.92 Å². The first-order valence-electron chi connectivity index (χ1n) is 4.08. The van der Waals surface area contributed by atoms with Crippen molar-refractivity contribution in [3.05, 3.63) is 23.5 Å². The quantitative estimate of drug-likeness (QED) is 0.755. The molecular weight excluding hydrogens is 190 g/mol. The molecule has 0 aliphatic carbocycles. The number of pyridine rings is 1. The van der Waals surface area contributed by atoms with Gasteiger partial charge in [-0.15, -0.1) is 0 Å². The van der Waals surface area contributed by atoms with Gasteiger partial charge in [0.1, 0.15) is 0 Å². The Hall–Kier alpha value is -0.800. The molecule has 13 heavy (non-hydrogen) atoms. The van der Waals surface area contributed by atoms with Gasteiger partial charge >= 0.3 is 0 Å². The first kappa shape index (κ1) is 10.3. The molecule has 0 spiro atoms. The van der Waals surface area contributed by atoms with Crippen LogP contribution in [0.5, 0.6) is 5.75 Å². The molecule has 0 radical (unpaired) electrons. The van der Waals surface area contributed by atoms with Crippen LogP contribution in [0.2, 0.25) is 5.15 Å². The summed E-state index contributed by atoms with van der Waals surface area (Å²) in [6.07, 6.45) is 1.60. The predicted molar refractivity (Wildman–Crippen MR) is 51.0 cm³/mol. The fourth-order valence-electron chi connectivity index (χ4n) is 0.764. The average Bonchev–Trinajstić information content (AvgIpc) is 2.16. The summed E-state index contributed by atoms with van der Waals surface area (Å²) < 4.78 is 5.34. The summed E-state index contributed by atoms with van der Waals surface area (Å²) in [7, 11) is 0. The minimum atomic E-state index is 0.108. The molecule has 1 N–H and O–H groups in total. The molecular formula is C9H12ClNO2. The normalized spacial score (nSPS) is 12.5. The van der Waals surface area contributed by atoms with Crippen molar-refractivity contribution >= 4 is 11.6 Å². The SMILES string of the molecule is CC(CO)COc1cccnc1Cl. The van der Waals surface area contributed by atoms with E-state index in [-0.39, 0.29) is 12.5 Å². The van der Waals surface area contributed by atoms with E-state index < -0.39 is 0 Å². The minimum absolute atomic E-state index is 0.108. The van der Waals surface area contributed by atoms with Gasteiger partial charge in [-0.05, 0) is 12.1 Å². The van der Waals surface area contributed by atoms with Crippen molar-refractivity contribution in [3.8, 4) is 5.75 Å². The molecule has 1 aromatic heterocycles. The number of aliphatic hydroxyl groups is 1. The zero-order chi connectivity index (χ0) is 9.68. The lowest BCUT2D eigenvalue weighted by molar-refractivity contribution is 0.174. The topological polar surface area (TPSA) is 42.4 Å². The molecule has 0 amide bonds. The van der Waals surface area contributed by atoms with Crippen molar-refractivity contribution in [2.24, 2.45) is 5.92 Å². The number of rotatable bonds is 4. The molecule has 0 aliphatic rings. The minimum Gasteiger partial charge on any atom is -0.490 e. The van der Waals surface area contributed by atoms with Crippen LogP contribution >= 0.6 is 11.6 Å². The second-order valence-corrected chi connectivity index (χ2v) is 3.25. The van der Waals surface area contributed by atoms with E-state index in [0.717, 1.165) is 0 Å². The van der Waals surface area contributed by atoms with E-state index in [4.69, 9.17) is 21.4 Å². The Bertz CT molecular complexity index is 268. The van der Waals surface area contributed by atoms with Crippen LogP contribution in [0.25, 0.3) is 0 Å². The third kappa shape index (κ3) is 3.20. The van der Waals surface area contributed by atoms with Crippen molar-refractivity contribution in [1.82, 2.24) is 4.98 Å². The maximum atomic E-state index is 8.75. The van der Waals surface area contributed by atoms with E-state index in [9.17, 15) is 0 Å². The Kier molecular flexibility index (Phi) is 3.99. The highest BCUT2D eigenvalue weighted by atomic mass is 35.5. The van der Waals surface area contributed by atoms with E-state index in [1.807, 2.05) is 6.92 Å². The number of hydrogen-bond donors (Lipinski definition) is 1. The lowest BCUT2D eigenvalue weighted by atomic mass is 10.2. The molecule has 3 nitrogen and oxygen atoms in total. The Morgan fingerprint density at radius 3 is 3.08 bits per heavy atom. The molecule has 0 bridgehead atoms. The summed E-state index contributed by atoms with van der Waals surface area (Å²) in [4.78, 5) is 3.86. The van der Waals surface area contributed by atoms with Gasteiger partial charge in [-0.3, -0.25) is 0 Å². The Morgan fingerprint density at radius 1 is 1.69 bits per heavy atom. The summed E-state index contributed by atoms with van der Waals surface area (Å²) >= 11 is 5.75. The maximum absolute atomic E-state index is 8.75. The number of aliphatic hydroxyl groups excluding tert-OH is 1. The van der Waals surface area contributed by atoms with Crippen LogP contribution in [0.4, 0.5) is 0 Å². The van der Waals surface area contributed by atoms with E-state index in [0.29, 0.717) is 17.5 Å². The van der Waals surface area contributed by atoms with Crippen LogP contribution in [-0.4, -0.2) is 23.3 Å². The monoisotopic (exact) mass is 201 g/mol. The molecule has 4 heteroatoms. The fourth-order valence-corrected chi connectivity index (χ4v) is 0.938. The molecule has 0 aliphatic heterocycles. The highest BCUT2D eigenvalue weighted by Gasteiger charge is 2.04. The van der Waals surface area contributed by atoms with Gasteiger partial charge in [-0.25, -0.2) is 4.98 Å². The number of ether oxygens (including phenoxy) is 1. The van der Waals surface area contributed by atoms with Crippen molar-refractivity contribution in [1.29, 1.82) is 0 Å². The molecule has 72 valence electrons. The van der Waals surface area contributed by atoms with E-state index in [2.05, 4.69) is 4.98 Å². The van der Waals surface area contributed by atoms with Gasteiger partial charge in [0.2, 0.25) is 0 Å². The van der Waals surface area contributed by atoms with Crippen LogP contribution in [0, 0.1) is 5.92 Å². The molecule has 1 rings (SSSR count). The van der Waals surface area contributed by atoms with Gasteiger partial charge in [0.15, 0.2) is 10.9 Å². The Morgan fingerprint density at radius 2 is 2.46 bits per heavy atom. The van der Waals surface area contributed by atoms with Crippen molar-refractivity contribution in [2.75, 3.05) is 13.2 Å². The summed E-state index contributed by atoms with van der Waals surface area (Å²) in [5, 5.41) is 9.11. The zero-order valence-electron chi connectivity index (χ0n) is 7.40. The average molecular weight is 202 g/mol. The fraction of sp³-hybridized carbons (Fsp3) is 0.444. The lowest BCUT2D eigenvalue weighted by Crippen LogP contribution is -2.12. The molecule has 1 atom stereocenters. The molecule has 0 aromatic carbocycles. The molecule has 0 fully saturated rings. The zero-order valence-corrected chi connectivity index (χ0v) is 8.16. The molecule has 1 aromatic rings. The maximum Gasteiger partial charge on any atom is 0.171 e. The largest absolute Gasteiger partial charge is 0.490 e. The van der Waals surface area contributed by atoms with Gasteiger partial charge in [0.05, 0.1) is 6.61 Å². The molecule has 1 unspecified atom stereocenters. The van der Waals surface area contributed by atoms with Crippen molar-refractivity contribution in [2.45, 2.75) is 6.92 Å². The summed E-state index contributed by atoms with van der Waals surface area (Å²) in [5.74, 6) is 0.667. The van der Waals surface area contributed by atoms with Gasteiger partial charge in [0, 0.05) is 18.7 Å². The highest BCUT2D eigenvalue weighted by molar-refractivity contribution is 6.30.